The van der Waals surface area contributed by atoms with E-state index in [0.717, 1.165) is 5.56 Å². The number of aryl methyl sites for hydroxylation is 2. The fourth-order valence-electron chi connectivity index (χ4n) is 3.31. The number of rotatable bonds is 3. The van der Waals surface area contributed by atoms with Crippen molar-refractivity contribution in [3.8, 4) is 11.5 Å². The first kappa shape index (κ1) is 20.3. The number of sulfonamides is 1. The lowest BCUT2D eigenvalue weighted by Crippen LogP contribution is -2.25. The molecule has 0 fully saturated rings. The molecule has 0 saturated heterocycles. The van der Waals surface area contributed by atoms with Crippen LogP contribution in [-0.2, 0) is 10.0 Å². The summed E-state index contributed by atoms with van der Waals surface area (Å²) >= 11 is 5.97. The van der Waals surface area contributed by atoms with Crippen molar-refractivity contribution in [2.75, 3.05) is 16.7 Å². The van der Waals surface area contributed by atoms with Crippen LogP contribution >= 0.6 is 11.6 Å². The molecule has 1 aliphatic heterocycles. The van der Waals surface area contributed by atoms with Crippen LogP contribution in [-0.4, -0.2) is 21.4 Å². The predicted octanol–water partition coefficient (Wildman–Crippen LogP) is 5.14. The van der Waals surface area contributed by atoms with Gasteiger partial charge in [0.15, 0.2) is 5.75 Å². The lowest BCUT2D eigenvalue weighted by molar-refractivity contribution is 0.0993. The fraction of sp³-hybridized carbons (Fsp3) is 0.136. The standard InChI is InChI=1S/C22H19ClN2O4S/c1-13-4-8-20-18(10-13)25(3)22(26)17-12-16(7-9-19(17)29-20)24-30(27,28)21-11-15(23)6-5-14(21)2/h4-12,24H,1-3H3. The molecule has 0 spiro atoms. The minimum atomic E-state index is -3.89. The molecule has 6 nitrogen and oxygen atoms in total. The van der Waals surface area contributed by atoms with Crippen molar-refractivity contribution in [2.24, 2.45) is 0 Å². The number of nitrogens with one attached hydrogen (secondary N) is 1. The highest BCUT2D eigenvalue weighted by Gasteiger charge is 2.27. The Morgan fingerprint density at radius 1 is 0.967 bits per heavy atom. The van der Waals surface area contributed by atoms with Crippen molar-refractivity contribution in [3.63, 3.8) is 0 Å². The molecule has 0 atom stereocenters. The van der Waals surface area contributed by atoms with E-state index in [1.807, 2.05) is 25.1 Å². The number of benzene rings is 3. The number of carbonyl (C=O) groups is 1. The summed E-state index contributed by atoms with van der Waals surface area (Å²) in [6, 6.07) is 14.9. The van der Waals surface area contributed by atoms with Gasteiger partial charge in [-0.2, -0.15) is 0 Å². The molecular formula is C22H19ClN2O4S. The molecule has 1 N–H and O–H groups in total. The van der Waals surface area contributed by atoms with Gasteiger partial charge < -0.3 is 9.64 Å². The fourth-order valence-corrected chi connectivity index (χ4v) is 4.87. The first-order valence-corrected chi connectivity index (χ1v) is 11.0. The van der Waals surface area contributed by atoms with Gasteiger partial charge in [0.2, 0.25) is 0 Å². The van der Waals surface area contributed by atoms with Crippen molar-refractivity contribution in [2.45, 2.75) is 18.7 Å². The van der Waals surface area contributed by atoms with Crippen LogP contribution in [0.1, 0.15) is 21.5 Å². The molecule has 3 aromatic carbocycles. The molecular weight excluding hydrogens is 424 g/mol. The zero-order valence-electron chi connectivity index (χ0n) is 16.6. The molecule has 0 aliphatic carbocycles. The molecule has 1 amide bonds. The summed E-state index contributed by atoms with van der Waals surface area (Å²) in [7, 11) is -2.23. The second-order valence-corrected chi connectivity index (χ2v) is 9.25. The highest BCUT2D eigenvalue weighted by molar-refractivity contribution is 7.92. The van der Waals surface area contributed by atoms with Gasteiger partial charge in [0.1, 0.15) is 5.75 Å². The number of amides is 1. The summed E-state index contributed by atoms with van der Waals surface area (Å²) in [5.41, 5.74) is 2.71. The van der Waals surface area contributed by atoms with Crippen LogP contribution in [0.2, 0.25) is 5.02 Å². The summed E-state index contributed by atoms with van der Waals surface area (Å²) in [5.74, 6) is 0.615. The zero-order valence-corrected chi connectivity index (χ0v) is 18.1. The SMILES string of the molecule is Cc1ccc2c(c1)N(C)C(=O)c1cc(NS(=O)(=O)c3cc(Cl)ccc3C)ccc1O2. The van der Waals surface area contributed by atoms with E-state index in [4.69, 9.17) is 16.3 Å². The maximum atomic E-state index is 13.0. The monoisotopic (exact) mass is 442 g/mol. The number of halogens is 1. The van der Waals surface area contributed by atoms with Crippen molar-refractivity contribution in [3.05, 3.63) is 76.3 Å². The van der Waals surface area contributed by atoms with Crippen LogP contribution in [0.15, 0.2) is 59.5 Å². The average Bonchev–Trinajstić information content (AvgIpc) is 2.79. The molecule has 1 heterocycles. The van der Waals surface area contributed by atoms with E-state index in [0.29, 0.717) is 27.8 Å². The van der Waals surface area contributed by atoms with E-state index in [2.05, 4.69) is 4.72 Å². The first-order valence-electron chi connectivity index (χ1n) is 9.15. The third-order valence-electron chi connectivity index (χ3n) is 4.90. The van der Waals surface area contributed by atoms with Crippen molar-refractivity contribution >= 4 is 38.9 Å². The molecule has 0 radical (unpaired) electrons. The Labute approximate surface area is 180 Å². The second kappa shape index (κ2) is 7.34. The molecule has 8 heteroatoms. The van der Waals surface area contributed by atoms with E-state index >= 15 is 0 Å². The highest BCUT2D eigenvalue weighted by atomic mass is 35.5. The molecule has 30 heavy (non-hydrogen) atoms. The Kier molecular flexibility index (Phi) is 4.95. The van der Waals surface area contributed by atoms with Gasteiger partial charge in [0.05, 0.1) is 16.1 Å². The number of carbonyl (C=O) groups excluding carboxylic acids is 1. The lowest BCUT2D eigenvalue weighted by Gasteiger charge is -2.17. The molecule has 0 unspecified atom stereocenters. The smallest absolute Gasteiger partial charge is 0.262 e. The van der Waals surface area contributed by atoms with Crippen molar-refractivity contribution in [1.82, 2.24) is 0 Å². The van der Waals surface area contributed by atoms with E-state index in [9.17, 15) is 13.2 Å². The van der Waals surface area contributed by atoms with Gasteiger partial charge in [-0.05, 0) is 67.4 Å². The van der Waals surface area contributed by atoms with E-state index in [-0.39, 0.29) is 22.1 Å². The van der Waals surface area contributed by atoms with Gasteiger partial charge in [-0.1, -0.05) is 23.7 Å². The van der Waals surface area contributed by atoms with E-state index < -0.39 is 10.0 Å². The van der Waals surface area contributed by atoms with Crippen LogP contribution in [0.25, 0.3) is 0 Å². The minimum absolute atomic E-state index is 0.0764. The third-order valence-corrected chi connectivity index (χ3v) is 6.66. The number of hydrogen-bond donors (Lipinski definition) is 1. The quantitative estimate of drug-likeness (QED) is 0.609. The van der Waals surface area contributed by atoms with Crippen LogP contribution < -0.4 is 14.4 Å². The van der Waals surface area contributed by atoms with Gasteiger partial charge in [-0.3, -0.25) is 9.52 Å². The molecule has 4 rings (SSSR count). The summed E-state index contributed by atoms with van der Waals surface area (Å²) in [6.45, 7) is 3.62. The topological polar surface area (TPSA) is 75.7 Å². The van der Waals surface area contributed by atoms with Gasteiger partial charge in [0.25, 0.3) is 15.9 Å². The summed E-state index contributed by atoms with van der Waals surface area (Å²) in [4.78, 5) is 14.6. The van der Waals surface area contributed by atoms with Crippen LogP contribution in [0.3, 0.4) is 0 Å². The predicted molar refractivity (Wildman–Crippen MR) is 117 cm³/mol. The van der Waals surface area contributed by atoms with Crippen LogP contribution in [0, 0.1) is 13.8 Å². The van der Waals surface area contributed by atoms with Crippen LogP contribution in [0.4, 0.5) is 11.4 Å². The first-order chi connectivity index (χ1) is 14.2. The van der Waals surface area contributed by atoms with Gasteiger partial charge in [-0.15, -0.1) is 0 Å². The van der Waals surface area contributed by atoms with Crippen molar-refractivity contribution < 1.29 is 17.9 Å². The number of fused-ring (bicyclic) bond motifs is 2. The van der Waals surface area contributed by atoms with Gasteiger partial charge >= 0.3 is 0 Å². The maximum Gasteiger partial charge on any atom is 0.262 e. The number of nitrogens with zero attached hydrogens (tertiary/aromatic N) is 1. The number of hydrogen-bond acceptors (Lipinski definition) is 4. The Hall–Kier alpha value is -3.03. The zero-order chi connectivity index (χ0) is 21.6. The Bertz CT molecular complexity index is 1290. The summed E-state index contributed by atoms with van der Waals surface area (Å²) in [6.07, 6.45) is 0. The molecule has 3 aromatic rings. The summed E-state index contributed by atoms with van der Waals surface area (Å²) < 4.78 is 34.2. The average molecular weight is 443 g/mol. The molecule has 0 saturated carbocycles. The molecule has 0 bridgehead atoms. The van der Waals surface area contributed by atoms with Gasteiger partial charge in [-0.25, -0.2) is 8.42 Å². The normalized spacial score (nSPS) is 13.2. The largest absolute Gasteiger partial charge is 0.454 e. The van der Waals surface area contributed by atoms with E-state index in [1.165, 1.54) is 17.0 Å². The molecule has 0 aromatic heterocycles. The van der Waals surface area contributed by atoms with Crippen molar-refractivity contribution in [1.29, 1.82) is 0 Å². The van der Waals surface area contributed by atoms with Gasteiger partial charge in [0, 0.05) is 17.8 Å². The molecule has 154 valence electrons. The molecule has 1 aliphatic rings. The minimum Gasteiger partial charge on any atom is -0.454 e. The third kappa shape index (κ3) is 3.62. The van der Waals surface area contributed by atoms with Crippen LogP contribution in [0.5, 0.6) is 11.5 Å². The maximum absolute atomic E-state index is 13.0. The number of ether oxygens (including phenoxy) is 1. The summed E-state index contributed by atoms with van der Waals surface area (Å²) in [5, 5.41) is 0.321. The van der Waals surface area contributed by atoms with E-state index in [1.54, 1.807) is 38.2 Å². The lowest BCUT2D eigenvalue weighted by atomic mass is 10.1. The Balaban J connectivity index is 1.73. The second-order valence-electron chi connectivity index (χ2n) is 7.16. The number of anilines is 2. The highest BCUT2D eigenvalue weighted by Crippen LogP contribution is 2.39. The Morgan fingerprint density at radius 3 is 2.47 bits per heavy atom. The Morgan fingerprint density at radius 2 is 1.70 bits per heavy atom.